The van der Waals surface area contributed by atoms with Crippen LogP contribution in [0.4, 0.5) is 5.69 Å². The summed E-state index contributed by atoms with van der Waals surface area (Å²) in [6, 6.07) is 12.8. The molecule has 0 spiro atoms. The Morgan fingerprint density at radius 1 is 1.23 bits per heavy atom. The van der Waals surface area contributed by atoms with Gasteiger partial charge in [0.1, 0.15) is 15.9 Å². The fourth-order valence-corrected chi connectivity index (χ4v) is 6.71. The average Bonchev–Trinajstić information content (AvgIpc) is 3.45. The Kier molecular flexibility index (Phi) is 6.03. The van der Waals surface area contributed by atoms with Crippen molar-refractivity contribution in [3.8, 4) is 10.6 Å². The van der Waals surface area contributed by atoms with E-state index in [1.165, 1.54) is 16.4 Å². The van der Waals surface area contributed by atoms with Gasteiger partial charge < -0.3 is 5.32 Å². The summed E-state index contributed by atoms with van der Waals surface area (Å²) in [6.07, 6.45) is 1.85. The van der Waals surface area contributed by atoms with E-state index in [2.05, 4.69) is 15.5 Å². The molecular formula is C21H22N4O4S2. The molecule has 1 fully saturated rings. The fraction of sp³-hybridized carbons (Fsp3) is 0.286. The molecule has 1 saturated heterocycles. The summed E-state index contributed by atoms with van der Waals surface area (Å²) >= 11 is 1.06. The third kappa shape index (κ3) is 4.32. The second kappa shape index (κ2) is 8.74. The predicted octanol–water partition coefficient (Wildman–Crippen LogP) is 2.85. The van der Waals surface area contributed by atoms with Gasteiger partial charge >= 0.3 is 0 Å². The lowest BCUT2D eigenvalue weighted by atomic mass is 10.1. The predicted molar refractivity (Wildman–Crippen MR) is 120 cm³/mol. The van der Waals surface area contributed by atoms with Crippen LogP contribution >= 0.6 is 11.3 Å². The van der Waals surface area contributed by atoms with Crippen LogP contribution in [0.1, 0.15) is 25.3 Å². The number of rotatable bonds is 6. The molecule has 3 aromatic rings. The van der Waals surface area contributed by atoms with Crippen molar-refractivity contribution < 1.29 is 13.2 Å². The molecule has 1 aliphatic heterocycles. The lowest BCUT2D eigenvalue weighted by Crippen LogP contribution is -2.43. The van der Waals surface area contributed by atoms with Crippen molar-refractivity contribution in [2.45, 2.75) is 36.4 Å². The first-order valence-corrected chi connectivity index (χ1v) is 12.2. The molecule has 0 saturated carbocycles. The van der Waals surface area contributed by atoms with Crippen LogP contribution in [-0.4, -0.2) is 41.4 Å². The van der Waals surface area contributed by atoms with Gasteiger partial charge in [-0.2, -0.15) is 9.40 Å². The van der Waals surface area contributed by atoms with Crippen molar-refractivity contribution in [2.24, 2.45) is 0 Å². The van der Waals surface area contributed by atoms with E-state index in [0.717, 1.165) is 23.3 Å². The standard InChI is InChI=1S/C21H22N4O4S2/c1-2-14-6-3-4-7-15(14)22-21(27)17-8-5-13-25(17)31(28,29)20-12-10-18(30-20)16-9-11-19(26)24-23-16/h3-4,6-7,9-12,17H,2,5,8,13H2,1H3,(H,22,27)(H,24,26)/t17-/m0/s1. The van der Waals surface area contributed by atoms with Crippen molar-refractivity contribution in [3.63, 3.8) is 0 Å². The van der Waals surface area contributed by atoms with E-state index in [4.69, 9.17) is 0 Å². The van der Waals surface area contributed by atoms with Gasteiger partial charge in [0.05, 0.1) is 4.88 Å². The van der Waals surface area contributed by atoms with E-state index in [9.17, 15) is 18.0 Å². The SMILES string of the molecule is CCc1ccccc1NC(=O)[C@@H]1CCCN1S(=O)(=O)c1ccc(-c2ccc(=O)[nH]n2)s1. The number of H-pyrrole nitrogens is 1. The first-order valence-electron chi connectivity index (χ1n) is 9.96. The number of benzene rings is 1. The number of hydrogen-bond donors (Lipinski definition) is 2. The second-order valence-electron chi connectivity index (χ2n) is 7.20. The largest absolute Gasteiger partial charge is 0.324 e. The highest BCUT2D eigenvalue weighted by atomic mass is 32.2. The quantitative estimate of drug-likeness (QED) is 0.590. The van der Waals surface area contributed by atoms with E-state index in [1.54, 1.807) is 12.1 Å². The third-order valence-electron chi connectivity index (χ3n) is 5.24. The summed E-state index contributed by atoms with van der Waals surface area (Å²) in [5, 5.41) is 9.20. The highest BCUT2D eigenvalue weighted by Gasteiger charge is 2.40. The molecule has 2 N–H and O–H groups in total. The van der Waals surface area contributed by atoms with E-state index in [0.29, 0.717) is 35.6 Å². The van der Waals surface area contributed by atoms with Crippen LogP contribution in [-0.2, 0) is 21.2 Å². The summed E-state index contributed by atoms with van der Waals surface area (Å²) in [5.74, 6) is -0.318. The van der Waals surface area contributed by atoms with Crippen LogP contribution in [0.25, 0.3) is 10.6 Å². The number of thiophene rings is 1. The van der Waals surface area contributed by atoms with Crippen molar-refractivity contribution in [1.82, 2.24) is 14.5 Å². The lowest BCUT2D eigenvalue weighted by molar-refractivity contribution is -0.119. The van der Waals surface area contributed by atoms with Gasteiger partial charge in [0.25, 0.3) is 15.6 Å². The van der Waals surface area contributed by atoms with Crippen LogP contribution in [0.3, 0.4) is 0 Å². The smallest absolute Gasteiger partial charge is 0.264 e. The minimum Gasteiger partial charge on any atom is -0.324 e. The molecule has 162 valence electrons. The number of carbonyl (C=O) groups is 1. The van der Waals surface area contributed by atoms with Crippen molar-refractivity contribution in [3.05, 3.63) is 64.4 Å². The van der Waals surface area contributed by atoms with Crippen LogP contribution in [0.5, 0.6) is 0 Å². The normalized spacial score (nSPS) is 17.0. The summed E-state index contributed by atoms with van der Waals surface area (Å²) in [6.45, 7) is 2.29. The van der Waals surface area contributed by atoms with E-state index in [1.807, 2.05) is 31.2 Å². The van der Waals surface area contributed by atoms with Gasteiger partial charge in [0.15, 0.2) is 0 Å². The third-order valence-corrected chi connectivity index (χ3v) is 8.72. The molecule has 0 radical (unpaired) electrons. The molecule has 8 nitrogen and oxygen atoms in total. The molecule has 1 amide bonds. The van der Waals surface area contributed by atoms with Gasteiger partial charge in [0.2, 0.25) is 5.91 Å². The van der Waals surface area contributed by atoms with Gasteiger partial charge in [-0.1, -0.05) is 25.1 Å². The Bertz CT molecular complexity index is 1250. The molecular weight excluding hydrogens is 436 g/mol. The summed E-state index contributed by atoms with van der Waals surface area (Å²) in [7, 11) is -3.84. The first-order chi connectivity index (χ1) is 14.9. The van der Waals surface area contributed by atoms with E-state index in [-0.39, 0.29) is 15.7 Å². The zero-order valence-corrected chi connectivity index (χ0v) is 18.5. The minimum atomic E-state index is -3.84. The Balaban J connectivity index is 1.57. The highest BCUT2D eigenvalue weighted by Crippen LogP contribution is 2.34. The van der Waals surface area contributed by atoms with Gasteiger partial charge in [0, 0.05) is 18.3 Å². The van der Waals surface area contributed by atoms with Crippen molar-refractivity contribution >= 4 is 33.0 Å². The van der Waals surface area contributed by atoms with Gasteiger partial charge in [-0.05, 0) is 49.1 Å². The maximum atomic E-state index is 13.3. The van der Waals surface area contributed by atoms with Gasteiger partial charge in [-0.3, -0.25) is 9.59 Å². The molecule has 10 heteroatoms. The molecule has 1 aromatic carbocycles. The molecule has 1 atom stereocenters. The summed E-state index contributed by atoms with van der Waals surface area (Å²) < 4.78 is 28.0. The Labute approximate surface area is 184 Å². The fourth-order valence-electron chi connectivity index (χ4n) is 3.65. The number of sulfonamides is 1. The Morgan fingerprint density at radius 3 is 2.77 bits per heavy atom. The first kappa shape index (κ1) is 21.4. The number of aromatic amines is 1. The van der Waals surface area contributed by atoms with Crippen LogP contribution in [0.15, 0.2) is 57.5 Å². The van der Waals surface area contributed by atoms with Crippen molar-refractivity contribution in [1.29, 1.82) is 0 Å². The zero-order chi connectivity index (χ0) is 22.0. The maximum Gasteiger partial charge on any atom is 0.264 e. The van der Waals surface area contributed by atoms with Gasteiger partial charge in [-0.25, -0.2) is 13.5 Å². The lowest BCUT2D eigenvalue weighted by Gasteiger charge is -2.23. The minimum absolute atomic E-state index is 0.143. The molecule has 1 aliphatic rings. The van der Waals surface area contributed by atoms with Crippen LogP contribution in [0, 0.1) is 0 Å². The summed E-state index contributed by atoms with van der Waals surface area (Å²) in [4.78, 5) is 24.8. The number of aryl methyl sites for hydroxylation is 1. The molecule has 2 aromatic heterocycles. The molecule has 4 rings (SSSR count). The van der Waals surface area contributed by atoms with E-state index >= 15 is 0 Å². The number of amides is 1. The second-order valence-corrected chi connectivity index (χ2v) is 10.4. The Hall–Kier alpha value is -2.82. The summed E-state index contributed by atoms with van der Waals surface area (Å²) in [5.41, 5.74) is 1.86. The van der Waals surface area contributed by atoms with E-state index < -0.39 is 16.1 Å². The number of nitrogens with one attached hydrogen (secondary N) is 2. The Morgan fingerprint density at radius 2 is 2.03 bits per heavy atom. The molecule has 3 heterocycles. The van der Waals surface area contributed by atoms with Crippen molar-refractivity contribution in [2.75, 3.05) is 11.9 Å². The van der Waals surface area contributed by atoms with Crippen LogP contribution in [0.2, 0.25) is 0 Å². The zero-order valence-electron chi connectivity index (χ0n) is 16.9. The number of aromatic nitrogens is 2. The average molecular weight is 459 g/mol. The molecule has 0 bridgehead atoms. The molecule has 0 aliphatic carbocycles. The number of hydrogen-bond acceptors (Lipinski definition) is 6. The highest BCUT2D eigenvalue weighted by molar-refractivity contribution is 7.91. The molecule has 0 unspecified atom stereocenters. The monoisotopic (exact) mass is 458 g/mol. The maximum absolute atomic E-state index is 13.3. The van der Waals surface area contributed by atoms with Gasteiger partial charge in [-0.15, -0.1) is 11.3 Å². The number of carbonyl (C=O) groups excluding carboxylic acids is 1. The van der Waals surface area contributed by atoms with Crippen LogP contribution < -0.4 is 10.9 Å². The topological polar surface area (TPSA) is 112 Å². The molecule has 31 heavy (non-hydrogen) atoms. The number of nitrogens with zero attached hydrogens (tertiary/aromatic N) is 2. The number of para-hydroxylation sites is 1. The number of anilines is 1.